The third-order valence-electron chi connectivity index (χ3n) is 4.59. The van der Waals surface area contributed by atoms with Gasteiger partial charge in [-0.25, -0.2) is 13.1 Å². The fourth-order valence-electron chi connectivity index (χ4n) is 3.13. The zero-order chi connectivity index (χ0) is 19.4. The van der Waals surface area contributed by atoms with Crippen molar-refractivity contribution in [3.8, 4) is 0 Å². The topological polar surface area (TPSA) is 108 Å². The number of rotatable bonds is 6. The van der Waals surface area contributed by atoms with E-state index in [-0.39, 0.29) is 18.4 Å². The first-order valence-corrected chi connectivity index (χ1v) is 9.81. The van der Waals surface area contributed by atoms with Gasteiger partial charge in [-0.1, -0.05) is 12.1 Å². The quantitative estimate of drug-likeness (QED) is 0.440. The average molecular weight is 392 g/mol. The summed E-state index contributed by atoms with van der Waals surface area (Å²) in [5.74, 6) is 0.359. The molecule has 0 heterocycles. The van der Waals surface area contributed by atoms with Crippen molar-refractivity contribution in [1.29, 1.82) is 5.41 Å². The van der Waals surface area contributed by atoms with Crippen LogP contribution in [0, 0.1) is 17.2 Å². The van der Waals surface area contributed by atoms with Gasteiger partial charge >= 0.3 is 6.18 Å². The van der Waals surface area contributed by atoms with Gasteiger partial charge in [0.2, 0.25) is 10.0 Å². The van der Waals surface area contributed by atoms with Crippen LogP contribution in [0.1, 0.15) is 31.2 Å². The van der Waals surface area contributed by atoms with Crippen LogP contribution in [0.3, 0.4) is 0 Å². The molecule has 6 nitrogen and oxygen atoms in total. The van der Waals surface area contributed by atoms with Crippen molar-refractivity contribution in [2.45, 2.75) is 36.8 Å². The molecule has 26 heavy (non-hydrogen) atoms. The normalized spacial score (nSPS) is 21.3. The number of guanidine groups is 1. The summed E-state index contributed by atoms with van der Waals surface area (Å²) >= 11 is 0. The molecule has 0 aromatic heterocycles. The zero-order valence-electron chi connectivity index (χ0n) is 14.1. The van der Waals surface area contributed by atoms with Crippen LogP contribution >= 0.6 is 0 Å². The van der Waals surface area contributed by atoms with Crippen LogP contribution in [0.2, 0.25) is 0 Å². The Morgan fingerprint density at radius 2 is 1.65 bits per heavy atom. The molecule has 0 spiro atoms. The highest BCUT2D eigenvalue weighted by molar-refractivity contribution is 7.89. The van der Waals surface area contributed by atoms with Gasteiger partial charge in [0, 0.05) is 13.1 Å². The van der Waals surface area contributed by atoms with Gasteiger partial charge in [0.1, 0.15) is 0 Å². The van der Waals surface area contributed by atoms with Crippen molar-refractivity contribution in [3.05, 3.63) is 29.8 Å². The molecule has 0 unspecified atom stereocenters. The van der Waals surface area contributed by atoms with Gasteiger partial charge in [-0.05, 0) is 49.7 Å². The smallest absolute Gasteiger partial charge is 0.370 e. The molecule has 5 N–H and O–H groups in total. The van der Waals surface area contributed by atoms with Crippen LogP contribution in [0.5, 0.6) is 0 Å². The summed E-state index contributed by atoms with van der Waals surface area (Å²) < 4.78 is 66.0. The van der Waals surface area contributed by atoms with Crippen molar-refractivity contribution in [2.75, 3.05) is 13.1 Å². The van der Waals surface area contributed by atoms with E-state index in [2.05, 4.69) is 10.0 Å². The number of hydrogen-bond donors (Lipinski definition) is 4. The predicted octanol–water partition coefficient (Wildman–Crippen LogP) is 2.27. The lowest BCUT2D eigenvalue weighted by atomic mass is 9.82. The summed E-state index contributed by atoms with van der Waals surface area (Å²) in [7, 11) is -4.24. The molecule has 1 fully saturated rings. The largest absolute Gasteiger partial charge is 0.417 e. The van der Waals surface area contributed by atoms with E-state index in [1.54, 1.807) is 0 Å². The van der Waals surface area contributed by atoms with E-state index in [0.29, 0.717) is 12.5 Å². The van der Waals surface area contributed by atoms with E-state index in [1.165, 1.54) is 6.07 Å². The molecule has 0 amide bonds. The molecule has 1 aliphatic carbocycles. The van der Waals surface area contributed by atoms with Crippen LogP contribution < -0.4 is 15.8 Å². The van der Waals surface area contributed by atoms with Gasteiger partial charge in [-0.3, -0.25) is 5.41 Å². The Hall–Kier alpha value is -1.81. The third-order valence-corrected chi connectivity index (χ3v) is 6.07. The molecule has 2 rings (SSSR count). The molecule has 1 aliphatic rings. The molecular weight excluding hydrogens is 369 g/mol. The maximum Gasteiger partial charge on any atom is 0.417 e. The van der Waals surface area contributed by atoms with Gasteiger partial charge in [-0.15, -0.1) is 0 Å². The number of halogens is 3. The second-order valence-corrected chi connectivity index (χ2v) is 8.26. The molecule has 146 valence electrons. The van der Waals surface area contributed by atoms with Crippen LogP contribution in [0.25, 0.3) is 0 Å². The Labute approximate surface area is 150 Å². The number of sulfonamides is 1. The average Bonchev–Trinajstić information content (AvgIpc) is 2.58. The molecule has 0 aliphatic heterocycles. The molecule has 0 atom stereocenters. The fourth-order valence-corrected chi connectivity index (χ4v) is 4.48. The lowest BCUT2D eigenvalue weighted by Gasteiger charge is -2.28. The molecule has 0 radical (unpaired) electrons. The van der Waals surface area contributed by atoms with E-state index in [0.717, 1.165) is 43.9 Å². The van der Waals surface area contributed by atoms with E-state index in [1.807, 2.05) is 0 Å². The summed E-state index contributed by atoms with van der Waals surface area (Å²) in [5, 5.41) is 9.91. The van der Waals surface area contributed by atoms with Crippen LogP contribution in [-0.2, 0) is 16.2 Å². The van der Waals surface area contributed by atoms with Crippen molar-refractivity contribution in [2.24, 2.45) is 17.6 Å². The highest BCUT2D eigenvalue weighted by Crippen LogP contribution is 2.34. The predicted molar refractivity (Wildman–Crippen MR) is 92.0 cm³/mol. The van der Waals surface area contributed by atoms with Gasteiger partial charge in [0.15, 0.2) is 5.96 Å². The molecule has 1 aromatic carbocycles. The fraction of sp³-hybridized carbons (Fsp3) is 0.562. The Kier molecular flexibility index (Phi) is 6.51. The minimum Gasteiger partial charge on any atom is -0.370 e. The SMILES string of the molecule is N=C(N)NC[C@H]1CC[C@H](CNS(=O)(=O)c2ccccc2C(F)(F)F)CC1. The van der Waals surface area contributed by atoms with Crippen molar-refractivity contribution in [3.63, 3.8) is 0 Å². The van der Waals surface area contributed by atoms with Crippen LogP contribution in [0.15, 0.2) is 29.2 Å². The number of alkyl halides is 3. The van der Waals surface area contributed by atoms with Gasteiger partial charge in [0.05, 0.1) is 10.5 Å². The maximum atomic E-state index is 13.0. The summed E-state index contributed by atoms with van der Waals surface area (Å²) in [6.45, 7) is 0.716. The molecular formula is C16H23F3N4O2S. The minimum atomic E-state index is -4.73. The van der Waals surface area contributed by atoms with E-state index >= 15 is 0 Å². The zero-order valence-corrected chi connectivity index (χ0v) is 15.0. The lowest BCUT2D eigenvalue weighted by Crippen LogP contribution is -2.37. The Balaban J connectivity index is 1.93. The van der Waals surface area contributed by atoms with Crippen molar-refractivity contribution in [1.82, 2.24) is 10.0 Å². The first-order valence-electron chi connectivity index (χ1n) is 8.33. The monoisotopic (exact) mass is 392 g/mol. The third kappa shape index (κ3) is 5.60. The minimum absolute atomic E-state index is 0.0800. The van der Waals surface area contributed by atoms with Gasteiger partial charge < -0.3 is 11.1 Å². The number of nitrogens with two attached hydrogens (primary N) is 1. The Morgan fingerprint density at radius 1 is 1.12 bits per heavy atom. The standard InChI is InChI=1S/C16H23F3N4O2S/c17-16(18,19)13-3-1-2-4-14(13)26(24,25)23-10-12-7-5-11(6-8-12)9-22-15(20)21/h1-4,11-12,23H,5-10H2,(H4,20,21,22)/t11-,12-. The van der Waals surface area contributed by atoms with Crippen molar-refractivity contribution >= 4 is 16.0 Å². The Bertz CT molecular complexity index is 729. The van der Waals surface area contributed by atoms with Crippen molar-refractivity contribution < 1.29 is 21.6 Å². The summed E-state index contributed by atoms with van der Waals surface area (Å²) in [5.41, 5.74) is 4.09. The first kappa shape index (κ1) is 20.5. The maximum absolute atomic E-state index is 13.0. The second-order valence-electron chi connectivity index (χ2n) is 6.53. The van der Waals surface area contributed by atoms with Crippen LogP contribution in [-0.4, -0.2) is 27.5 Å². The number of hydrogen-bond acceptors (Lipinski definition) is 3. The highest BCUT2D eigenvalue weighted by atomic mass is 32.2. The van der Waals surface area contributed by atoms with E-state index in [4.69, 9.17) is 11.1 Å². The van der Waals surface area contributed by atoms with Gasteiger partial charge in [-0.2, -0.15) is 13.2 Å². The number of benzene rings is 1. The lowest BCUT2D eigenvalue weighted by molar-refractivity contribution is -0.139. The molecule has 1 saturated carbocycles. The summed E-state index contributed by atoms with van der Waals surface area (Å²) in [4.78, 5) is -0.744. The summed E-state index contributed by atoms with van der Waals surface area (Å²) in [6, 6.07) is 4.17. The summed E-state index contributed by atoms with van der Waals surface area (Å²) in [6.07, 6.45) is -1.48. The van der Waals surface area contributed by atoms with Crippen LogP contribution in [0.4, 0.5) is 13.2 Å². The van der Waals surface area contributed by atoms with E-state index < -0.39 is 26.7 Å². The first-order chi connectivity index (χ1) is 12.1. The number of nitrogens with one attached hydrogen (secondary N) is 3. The van der Waals surface area contributed by atoms with E-state index in [9.17, 15) is 21.6 Å². The molecule has 0 bridgehead atoms. The molecule has 10 heteroatoms. The molecule has 0 saturated heterocycles. The highest BCUT2D eigenvalue weighted by Gasteiger charge is 2.37. The Morgan fingerprint density at radius 3 is 2.19 bits per heavy atom. The van der Waals surface area contributed by atoms with Gasteiger partial charge in [0.25, 0.3) is 0 Å². The molecule has 1 aromatic rings. The second kappa shape index (κ2) is 8.26.